The van der Waals surface area contributed by atoms with Crippen molar-refractivity contribution in [3.63, 3.8) is 0 Å². The van der Waals surface area contributed by atoms with Crippen LogP contribution >= 0.6 is 15.9 Å². The van der Waals surface area contributed by atoms with Gasteiger partial charge in [0.05, 0.1) is 0 Å². The average Bonchev–Trinajstić information content (AvgIpc) is 1.94. The van der Waals surface area contributed by atoms with E-state index in [1.165, 1.54) is 12.1 Å². The molecule has 0 aromatic heterocycles. The van der Waals surface area contributed by atoms with Crippen LogP contribution in [0.15, 0.2) is 22.7 Å². The zero-order chi connectivity index (χ0) is 8.43. The van der Waals surface area contributed by atoms with E-state index < -0.39 is 7.12 Å². The minimum atomic E-state index is -1.56. The Kier molecular flexibility index (Phi) is 2.54. The van der Waals surface area contributed by atoms with Gasteiger partial charge in [0.1, 0.15) is 5.75 Å². The summed E-state index contributed by atoms with van der Waals surface area (Å²) in [5.41, 5.74) is 0.255. The Hall–Kier alpha value is -0.515. The predicted molar refractivity (Wildman–Crippen MR) is 45.6 cm³/mol. The van der Waals surface area contributed by atoms with E-state index in [2.05, 4.69) is 15.9 Å². The highest BCUT2D eigenvalue weighted by molar-refractivity contribution is 9.10. The third-order valence-corrected chi connectivity index (χ3v) is 1.98. The predicted octanol–water partition coefficient (Wildman–Crippen LogP) is -0.166. The van der Waals surface area contributed by atoms with Gasteiger partial charge in [-0.3, -0.25) is 0 Å². The molecule has 11 heavy (non-hydrogen) atoms. The van der Waals surface area contributed by atoms with E-state index in [1.54, 1.807) is 6.07 Å². The average molecular weight is 217 g/mol. The summed E-state index contributed by atoms with van der Waals surface area (Å²) in [6, 6.07) is 4.29. The van der Waals surface area contributed by atoms with E-state index in [0.717, 1.165) is 0 Å². The lowest BCUT2D eigenvalue weighted by atomic mass is 9.80. The maximum absolute atomic E-state index is 8.94. The molecule has 0 spiro atoms. The van der Waals surface area contributed by atoms with E-state index >= 15 is 0 Å². The monoisotopic (exact) mass is 216 g/mol. The van der Waals surface area contributed by atoms with Crippen LogP contribution in [-0.4, -0.2) is 22.3 Å². The summed E-state index contributed by atoms with van der Waals surface area (Å²) in [5, 5.41) is 26.4. The van der Waals surface area contributed by atoms with Gasteiger partial charge in [0.25, 0.3) is 0 Å². The van der Waals surface area contributed by atoms with E-state index in [-0.39, 0.29) is 11.2 Å². The van der Waals surface area contributed by atoms with Gasteiger partial charge in [0.2, 0.25) is 0 Å². The van der Waals surface area contributed by atoms with E-state index in [9.17, 15) is 0 Å². The molecule has 1 aromatic rings. The molecule has 0 heterocycles. The van der Waals surface area contributed by atoms with E-state index in [0.29, 0.717) is 4.47 Å². The van der Waals surface area contributed by atoms with Crippen LogP contribution in [0.5, 0.6) is 5.75 Å². The fraction of sp³-hybridized carbons (Fsp3) is 0. The highest BCUT2D eigenvalue weighted by atomic mass is 79.9. The van der Waals surface area contributed by atoms with Gasteiger partial charge in [-0.2, -0.15) is 0 Å². The summed E-state index contributed by atoms with van der Waals surface area (Å²) in [6.45, 7) is 0. The molecule has 0 fully saturated rings. The number of phenols is 1. The molecule has 0 saturated heterocycles. The number of halogens is 1. The van der Waals surface area contributed by atoms with Crippen molar-refractivity contribution in [2.75, 3.05) is 0 Å². The highest BCUT2D eigenvalue weighted by Crippen LogP contribution is 2.12. The molecule has 0 aliphatic rings. The molecule has 1 rings (SSSR count). The third kappa shape index (κ3) is 1.96. The number of phenolic OH excluding ortho intramolecular Hbond substituents is 1. The van der Waals surface area contributed by atoms with Gasteiger partial charge in [-0.25, -0.2) is 0 Å². The van der Waals surface area contributed by atoms with Crippen molar-refractivity contribution in [2.24, 2.45) is 0 Å². The molecular formula is C6H6BBrO3. The van der Waals surface area contributed by atoms with Crippen molar-refractivity contribution < 1.29 is 15.2 Å². The molecule has 0 saturated carbocycles. The molecule has 0 aliphatic carbocycles. The molecule has 1 aromatic carbocycles. The molecule has 0 aliphatic heterocycles. The van der Waals surface area contributed by atoms with Crippen molar-refractivity contribution >= 4 is 28.5 Å². The second-order valence-corrected chi connectivity index (χ2v) is 2.93. The molecule has 0 unspecified atom stereocenters. The number of benzene rings is 1. The standard InChI is InChI=1S/C6H6BBrO3/c8-6-2-1-4(9)3-5(6)7(10)11/h1-3,9-11H. The lowest BCUT2D eigenvalue weighted by molar-refractivity contribution is 0.424. The quantitative estimate of drug-likeness (QED) is 0.572. The van der Waals surface area contributed by atoms with Gasteiger partial charge in [-0.1, -0.05) is 15.9 Å². The molecule has 3 nitrogen and oxygen atoms in total. The molecule has 0 bridgehead atoms. The van der Waals surface area contributed by atoms with Crippen molar-refractivity contribution in [1.82, 2.24) is 0 Å². The van der Waals surface area contributed by atoms with Crippen LogP contribution in [-0.2, 0) is 0 Å². The topological polar surface area (TPSA) is 60.7 Å². The largest absolute Gasteiger partial charge is 0.508 e. The van der Waals surface area contributed by atoms with E-state index in [1.807, 2.05) is 0 Å². The summed E-state index contributed by atoms with van der Waals surface area (Å²) in [4.78, 5) is 0. The van der Waals surface area contributed by atoms with Crippen LogP contribution in [0.2, 0.25) is 0 Å². The second kappa shape index (κ2) is 3.25. The van der Waals surface area contributed by atoms with Gasteiger partial charge in [0, 0.05) is 4.47 Å². The molecule has 0 radical (unpaired) electrons. The summed E-state index contributed by atoms with van der Waals surface area (Å²) < 4.78 is 0.560. The lowest BCUT2D eigenvalue weighted by Gasteiger charge is -2.02. The first kappa shape index (κ1) is 8.58. The Morgan fingerprint density at radius 3 is 2.36 bits per heavy atom. The van der Waals surface area contributed by atoms with Crippen LogP contribution < -0.4 is 5.46 Å². The Morgan fingerprint density at radius 1 is 1.27 bits per heavy atom. The van der Waals surface area contributed by atoms with Gasteiger partial charge < -0.3 is 15.2 Å². The number of hydrogen-bond acceptors (Lipinski definition) is 3. The highest BCUT2D eigenvalue weighted by Gasteiger charge is 2.14. The van der Waals surface area contributed by atoms with Gasteiger partial charge in [-0.05, 0) is 23.7 Å². The van der Waals surface area contributed by atoms with Gasteiger partial charge in [0.15, 0.2) is 0 Å². The maximum atomic E-state index is 8.94. The first-order chi connectivity index (χ1) is 5.11. The van der Waals surface area contributed by atoms with Crippen LogP contribution in [0.4, 0.5) is 0 Å². The molecule has 58 valence electrons. The molecular weight excluding hydrogens is 211 g/mol. The van der Waals surface area contributed by atoms with Gasteiger partial charge in [-0.15, -0.1) is 0 Å². The second-order valence-electron chi connectivity index (χ2n) is 2.08. The Bertz CT molecular complexity index is 264. The number of aromatic hydroxyl groups is 1. The number of hydrogen-bond donors (Lipinski definition) is 3. The summed E-state index contributed by atoms with van der Waals surface area (Å²) in [7, 11) is -1.56. The Balaban J connectivity index is 3.13. The molecule has 0 atom stereocenters. The summed E-state index contributed by atoms with van der Waals surface area (Å²) >= 11 is 3.10. The lowest BCUT2D eigenvalue weighted by Crippen LogP contribution is -2.30. The van der Waals surface area contributed by atoms with Crippen molar-refractivity contribution in [3.05, 3.63) is 22.7 Å². The zero-order valence-corrected chi connectivity index (χ0v) is 7.12. The third-order valence-electron chi connectivity index (χ3n) is 1.26. The van der Waals surface area contributed by atoms with Crippen LogP contribution in [0.25, 0.3) is 0 Å². The summed E-state index contributed by atoms with van der Waals surface area (Å²) in [5.74, 6) is 0.0105. The van der Waals surface area contributed by atoms with Crippen molar-refractivity contribution in [2.45, 2.75) is 0 Å². The van der Waals surface area contributed by atoms with Gasteiger partial charge >= 0.3 is 7.12 Å². The fourth-order valence-corrected chi connectivity index (χ4v) is 1.18. The first-order valence-electron chi connectivity index (χ1n) is 2.96. The molecule has 0 amide bonds. The molecule has 5 heteroatoms. The van der Waals surface area contributed by atoms with Crippen molar-refractivity contribution in [3.8, 4) is 5.75 Å². The minimum Gasteiger partial charge on any atom is -0.508 e. The maximum Gasteiger partial charge on any atom is 0.489 e. The normalized spacial score (nSPS) is 9.73. The smallest absolute Gasteiger partial charge is 0.489 e. The Labute approximate surface area is 72.6 Å². The first-order valence-corrected chi connectivity index (χ1v) is 3.75. The number of rotatable bonds is 1. The minimum absolute atomic E-state index is 0.0105. The van der Waals surface area contributed by atoms with E-state index in [4.69, 9.17) is 15.2 Å². The van der Waals surface area contributed by atoms with Crippen molar-refractivity contribution in [1.29, 1.82) is 0 Å². The van der Waals surface area contributed by atoms with Crippen LogP contribution in [0.1, 0.15) is 0 Å². The fourth-order valence-electron chi connectivity index (χ4n) is 0.729. The van der Waals surface area contributed by atoms with Crippen LogP contribution in [0, 0.1) is 0 Å². The SMILES string of the molecule is OB(O)c1cc(O)ccc1Br. The Morgan fingerprint density at radius 2 is 1.91 bits per heavy atom. The summed E-state index contributed by atoms with van der Waals surface area (Å²) in [6.07, 6.45) is 0. The van der Waals surface area contributed by atoms with Crippen LogP contribution in [0.3, 0.4) is 0 Å². The zero-order valence-electron chi connectivity index (χ0n) is 5.53. The molecule has 3 N–H and O–H groups in total.